The molecule has 2 aromatic rings. The minimum Gasteiger partial charge on any atom is -0.395 e. The minimum absolute atomic E-state index is 0.0380. The lowest BCUT2D eigenvalue weighted by atomic mass is 9.71. The Hall–Kier alpha value is -2.63. The zero-order valence-corrected chi connectivity index (χ0v) is 11.2. The summed E-state index contributed by atoms with van der Waals surface area (Å²) < 4.78 is 4.95. The van der Waals surface area contributed by atoms with Crippen LogP contribution in [-0.4, -0.2) is 10.8 Å². The topological polar surface area (TPSA) is 85.4 Å². The van der Waals surface area contributed by atoms with Crippen molar-refractivity contribution < 1.29 is 14.1 Å². The molecule has 0 radical (unpaired) electrons. The quantitative estimate of drug-likeness (QED) is 0.691. The largest absolute Gasteiger partial charge is 0.433 e. The molecule has 0 bridgehead atoms. The highest BCUT2D eigenvalue weighted by molar-refractivity contribution is 5.92. The number of rotatable bonds is 4. The lowest BCUT2D eigenvalue weighted by Crippen LogP contribution is -2.50. The van der Waals surface area contributed by atoms with E-state index >= 15 is 0 Å². The molecule has 0 spiro atoms. The first kappa shape index (κ1) is 13.4. The molecule has 1 amide bonds. The van der Waals surface area contributed by atoms with Gasteiger partial charge in [0.25, 0.3) is 5.91 Å². The first-order valence-corrected chi connectivity index (χ1v) is 6.73. The molecule has 1 saturated carbocycles. The molecule has 21 heavy (non-hydrogen) atoms. The van der Waals surface area contributed by atoms with Crippen LogP contribution in [0.25, 0.3) is 0 Å². The maximum Gasteiger partial charge on any atom is 0.433 e. The minimum atomic E-state index is -0.660. The maximum absolute atomic E-state index is 12.2. The van der Waals surface area contributed by atoms with Crippen molar-refractivity contribution in [1.82, 2.24) is 5.32 Å². The van der Waals surface area contributed by atoms with Crippen LogP contribution in [0.2, 0.25) is 0 Å². The van der Waals surface area contributed by atoms with Gasteiger partial charge in [-0.1, -0.05) is 30.3 Å². The molecule has 1 aromatic carbocycles. The van der Waals surface area contributed by atoms with Gasteiger partial charge in [0.2, 0.25) is 0 Å². The summed E-state index contributed by atoms with van der Waals surface area (Å²) in [6.07, 6.45) is 2.74. The summed E-state index contributed by atoms with van der Waals surface area (Å²) in [6, 6.07) is 12.2. The molecule has 3 rings (SSSR count). The average Bonchev–Trinajstić information content (AvgIpc) is 2.93. The van der Waals surface area contributed by atoms with Crippen LogP contribution >= 0.6 is 0 Å². The van der Waals surface area contributed by atoms with Crippen LogP contribution in [-0.2, 0) is 5.54 Å². The van der Waals surface area contributed by atoms with E-state index in [1.54, 1.807) is 0 Å². The van der Waals surface area contributed by atoms with Gasteiger partial charge in [0.1, 0.15) is 4.92 Å². The van der Waals surface area contributed by atoms with Crippen molar-refractivity contribution in [3.63, 3.8) is 0 Å². The molecule has 108 valence electrons. The van der Waals surface area contributed by atoms with E-state index < -0.39 is 16.7 Å². The molecule has 1 heterocycles. The van der Waals surface area contributed by atoms with E-state index in [-0.39, 0.29) is 11.3 Å². The fourth-order valence-electron chi connectivity index (χ4n) is 2.60. The van der Waals surface area contributed by atoms with Crippen LogP contribution in [0.3, 0.4) is 0 Å². The van der Waals surface area contributed by atoms with E-state index in [9.17, 15) is 14.9 Å². The standard InChI is InChI=1S/C15H14N2O4/c18-14(12-7-8-13(21-12)17(19)20)16-15(9-4-10-15)11-5-2-1-3-6-11/h1-3,5-8H,4,9-10H2,(H,16,18). The highest BCUT2D eigenvalue weighted by Crippen LogP contribution is 2.41. The number of furan rings is 1. The van der Waals surface area contributed by atoms with Crippen LogP contribution in [0.4, 0.5) is 5.88 Å². The molecule has 1 N–H and O–H groups in total. The van der Waals surface area contributed by atoms with Crippen LogP contribution in [0.15, 0.2) is 46.9 Å². The Balaban J connectivity index is 1.81. The van der Waals surface area contributed by atoms with Gasteiger partial charge in [-0.05, 0) is 30.9 Å². The number of amides is 1. The third kappa shape index (κ3) is 2.40. The molecule has 6 nitrogen and oxygen atoms in total. The molecular formula is C15H14N2O4. The summed E-state index contributed by atoms with van der Waals surface area (Å²) in [4.78, 5) is 22.2. The van der Waals surface area contributed by atoms with Crippen molar-refractivity contribution in [2.45, 2.75) is 24.8 Å². The second-order valence-corrected chi connectivity index (χ2v) is 5.15. The number of nitro groups is 1. The monoisotopic (exact) mass is 286 g/mol. The van der Waals surface area contributed by atoms with E-state index in [0.29, 0.717) is 0 Å². The Kier molecular flexibility index (Phi) is 3.21. The van der Waals surface area contributed by atoms with Gasteiger partial charge in [-0.2, -0.15) is 0 Å². The van der Waals surface area contributed by atoms with Gasteiger partial charge in [0.15, 0.2) is 5.76 Å². The molecule has 1 fully saturated rings. The molecule has 0 saturated heterocycles. The van der Waals surface area contributed by atoms with Crippen molar-refractivity contribution in [1.29, 1.82) is 0 Å². The number of hydrogen-bond acceptors (Lipinski definition) is 4. The van der Waals surface area contributed by atoms with E-state index in [2.05, 4.69) is 5.32 Å². The summed E-state index contributed by atoms with van der Waals surface area (Å²) in [5.74, 6) is -0.891. The zero-order chi connectivity index (χ0) is 14.9. The van der Waals surface area contributed by atoms with Gasteiger partial charge < -0.3 is 9.73 Å². The number of hydrogen-bond donors (Lipinski definition) is 1. The Morgan fingerprint density at radius 2 is 1.90 bits per heavy atom. The highest BCUT2D eigenvalue weighted by atomic mass is 16.6. The highest BCUT2D eigenvalue weighted by Gasteiger charge is 2.40. The summed E-state index contributed by atoms with van der Waals surface area (Å²) in [6.45, 7) is 0. The SMILES string of the molecule is O=C(NC1(c2ccccc2)CCC1)c1ccc([N+](=O)[O-])o1. The van der Waals surface area contributed by atoms with Gasteiger partial charge in [0, 0.05) is 0 Å². The van der Waals surface area contributed by atoms with Gasteiger partial charge in [-0.15, -0.1) is 0 Å². The van der Waals surface area contributed by atoms with Crippen molar-refractivity contribution in [3.05, 3.63) is 63.9 Å². The Labute approximate surface area is 120 Å². The lowest BCUT2D eigenvalue weighted by Gasteiger charge is -2.42. The van der Waals surface area contributed by atoms with Crippen molar-refractivity contribution >= 4 is 11.8 Å². The van der Waals surface area contributed by atoms with Crippen LogP contribution in [0.5, 0.6) is 0 Å². The van der Waals surface area contributed by atoms with E-state index in [1.807, 2.05) is 30.3 Å². The van der Waals surface area contributed by atoms with Crippen LogP contribution < -0.4 is 5.32 Å². The van der Waals surface area contributed by atoms with Crippen molar-refractivity contribution in [2.24, 2.45) is 0 Å². The number of carbonyl (C=O) groups excluding carboxylic acids is 1. The molecule has 0 unspecified atom stereocenters. The van der Waals surface area contributed by atoms with Crippen molar-refractivity contribution in [2.75, 3.05) is 0 Å². The Morgan fingerprint density at radius 3 is 2.43 bits per heavy atom. The second-order valence-electron chi connectivity index (χ2n) is 5.15. The fourth-order valence-corrected chi connectivity index (χ4v) is 2.60. The Morgan fingerprint density at radius 1 is 1.19 bits per heavy atom. The van der Waals surface area contributed by atoms with Gasteiger partial charge in [-0.3, -0.25) is 14.9 Å². The smallest absolute Gasteiger partial charge is 0.395 e. The zero-order valence-electron chi connectivity index (χ0n) is 11.2. The number of nitrogens with one attached hydrogen (secondary N) is 1. The molecule has 0 aliphatic heterocycles. The Bertz CT molecular complexity index is 674. The third-order valence-electron chi connectivity index (χ3n) is 3.88. The molecular weight excluding hydrogens is 272 g/mol. The average molecular weight is 286 g/mol. The molecule has 1 aliphatic carbocycles. The fraction of sp³-hybridized carbons (Fsp3) is 0.267. The van der Waals surface area contributed by atoms with E-state index in [4.69, 9.17) is 4.42 Å². The molecule has 1 aliphatic rings. The predicted octanol–water partition coefficient (Wildman–Crippen LogP) is 3.00. The van der Waals surface area contributed by atoms with Crippen LogP contribution in [0.1, 0.15) is 35.4 Å². The van der Waals surface area contributed by atoms with Gasteiger partial charge in [0.05, 0.1) is 11.6 Å². The third-order valence-corrected chi connectivity index (χ3v) is 3.88. The number of nitrogens with zero attached hydrogens (tertiary/aromatic N) is 1. The lowest BCUT2D eigenvalue weighted by molar-refractivity contribution is -0.402. The van der Waals surface area contributed by atoms with Gasteiger partial charge >= 0.3 is 5.88 Å². The summed E-state index contributed by atoms with van der Waals surface area (Å²) in [5, 5.41) is 13.6. The maximum atomic E-state index is 12.2. The summed E-state index contributed by atoms with van der Waals surface area (Å²) >= 11 is 0. The number of benzene rings is 1. The van der Waals surface area contributed by atoms with E-state index in [0.717, 1.165) is 24.8 Å². The van der Waals surface area contributed by atoms with Crippen LogP contribution in [0, 0.1) is 10.1 Å². The summed E-state index contributed by atoms with van der Waals surface area (Å²) in [7, 11) is 0. The normalized spacial score (nSPS) is 16.0. The molecule has 1 aromatic heterocycles. The summed E-state index contributed by atoms with van der Waals surface area (Å²) in [5.41, 5.74) is 0.658. The molecule has 6 heteroatoms. The van der Waals surface area contributed by atoms with Gasteiger partial charge in [-0.25, -0.2) is 0 Å². The van der Waals surface area contributed by atoms with Crippen molar-refractivity contribution in [3.8, 4) is 0 Å². The predicted molar refractivity (Wildman–Crippen MR) is 74.8 cm³/mol. The first-order valence-electron chi connectivity index (χ1n) is 6.73. The molecule has 0 atom stereocenters. The second kappa shape index (κ2) is 5.05. The first-order chi connectivity index (χ1) is 10.1. The number of carbonyl (C=O) groups is 1. The van der Waals surface area contributed by atoms with E-state index in [1.165, 1.54) is 12.1 Å².